The van der Waals surface area contributed by atoms with Gasteiger partial charge in [0, 0.05) is 17.9 Å². The number of hydrogen-bond acceptors (Lipinski definition) is 6. The number of aromatic nitrogens is 2. The van der Waals surface area contributed by atoms with Crippen LogP contribution in [0.5, 0.6) is 0 Å². The molecule has 1 heterocycles. The fourth-order valence-corrected chi connectivity index (χ4v) is 5.39. The maximum absolute atomic E-state index is 12.4. The van der Waals surface area contributed by atoms with Crippen molar-refractivity contribution in [2.45, 2.75) is 143 Å². The normalized spacial score (nSPS) is 12.7. The quantitative estimate of drug-likeness (QED) is 0.0850. The van der Waals surface area contributed by atoms with Crippen molar-refractivity contribution in [1.82, 2.24) is 9.55 Å². The molecule has 0 fully saturated rings. The van der Waals surface area contributed by atoms with Crippen molar-refractivity contribution in [2.24, 2.45) is 0 Å². The predicted octanol–water partition coefficient (Wildman–Crippen LogP) is 6.88. The van der Waals surface area contributed by atoms with Crippen LogP contribution in [0.4, 0.5) is 5.82 Å². The summed E-state index contributed by atoms with van der Waals surface area (Å²) in [5.74, 6) is 0.170. The Morgan fingerprint density at radius 3 is 1.79 bits per heavy atom. The first-order valence-electron chi connectivity index (χ1n) is 15.3. The van der Waals surface area contributed by atoms with E-state index in [0.29, 0.717) is 24.3 Å². The first-order chi connectivity index (χ1) is 18.7. The van der Waals surface area contributed by atoms with Gasteiger partial charge in [0.05, 0.1) is 19.3 Å². The topological polar surface area (TPSA) is 137 Å². The van der Waals surface area contributed by atoms with Gasteiger partial charge in [-0.15, -0.1) is 0 Å². The van der Waals surface area contributed by atoms with E-state index in [9.17, 15) is 9.36 Å². The van der Waals surface area contributed by atoms with Crippen LogP contribution in [0.3, 0.4) is 0 Å². The van der Waals surface area contributed by atoms with Crippen LogP contribution in [0.2, 0.25) is 0 Å². The third kappa shape index (κ3) is 16.6. The minimum absolute atomic E-state index is 0.0164. The molecule has 0 aliphatic heterocycles. The van der Waals surface area contributed by atoms with E-state index in [2.05, 4.69) is 11.9 Å². The standard InChI is InChI=1S/C29H56N3O6P/c1-4-6-7-8-9-10-11-12-13-14-15-16-17-18-19-20-22-38-25(3)27-26(5-2)32(29(33)31-28(27)30)21-23-37-24-39(34,35)36/h25H,4-24H2,1-3H3,(H2,30,31,33)(H2,34,35,36). The maximum Gasteiger partial charge on any atom is 0.350 e. The number of rotatable bonds is 25. The zero-order chi connectivity index (χ0) is 28.9. The van der Waals surface area contributed by atoms with E-state index in [1.165, 1.54) is 94.5 Å². The molecule has 0 amide bonds. The van der Waals surface area contributed by atoms with Crippen molar-refractivity contribution in [2.75, 3.05) is 25.3 Å². The van der Waals surface area contributed by atoms with Gasteiger partial charge in [-0.2, -0.15) is 4.98 Å². The van der Waals surface area contributed by atoms with Crippen LogP contribution in [0.25, 0.3) is 0 Å². The molecular weight excluding hydrogens is 517 g/mol. The van der Waals surface area contributed by atoms with Crippen molar-refractivity contribution in [3.63, 3.8) is 0 Å². The smallest absolute Gasteiger partial charge is 0.350 e. The van der Waals surface area contributed by atoms with Gasteiger partial charge < -0.3 is 25.0 Å². The lowest BCUT2D eigenvalue weighted by molar-refractivity contribution is 0.0616. The van der Waals surface area contributed by atoms with Gasteiger partial charge in [-0.05, 0) is 19.8 Å². The highest BCUT2D eigenvalue weighted by Crippen LogP contribution is 2.33. The summed E-state index contributed by atoms with van der Waals surface area (Å²) in [5.41, 5.74) is 7.02. The highest BCUT2D eigenvalue weighted by molar-refractivity contribution is 7.51. The van der Waals surface area contributed by atoms with Crippen LogP contribution in [0, 0.1) is 0 Å². The number of anilines is 1. The molecule has 1 atom stereocenters. The summed E-state index contributed by atoms with van der Waals surface area (Å²) in [4.78, 5) is 34.3. The molecular formula is C29H56N3O6P. The van der Waals surface area contributed by atoms with Crippen LogP contribution in [0.1, 0.15) is 141 Å². The van der Waals surface area contributed by atoms with E-state index in [-0.39, 0.29) is 25.1 Å². The highest BCUT2D eigenvalue weighted by Gasteiger charge is 2.20. The van der Waals surface area contributed by atoms with E-state index in [4.69, 9.17) is 25.0 Å². The molecule has 9 nitrogen and oxygen atoms in total. The van der Waals surface area contributed by atoms with Crippen molar-refractivity contribution in [3.05, 3.63) is 21.7 Å². The van der Waals surface area contributed by atoms with Gasteiger partial charge in [-0.1, -0.05) is 110 Å². The number of nitrogens with zero attached hydrogens (tertiary/aromatic N) is 2. The van der Waals surface area contributed by atoms with Gasteiger partial charge in [-0.25, -0.2) is 4.79 Å². The maximum atomic E-state index is 12.4. The van der Waals surface area contributed by atoms with Gasteiger partial charge >= 0.3 is 13.3 Å². The Hall–Kier alpha value is -1.25. The number of unbranched alkanes of at least 4 members (excludes halogenated alkanes) is 15. The molecule has 228 valence electrons. The largest absolute Gasteiger partial charge is 0.383 e. The molecule has 4 N–H and O–H groups in total. The zero-order valence-electron chi connectivity index (χ0n) is 24.9. The summed E-state index contributed by atoms with van der Waals surface area (Å²) in [6.07, 6.45) is 20.7. The van der Waals surface area contributed by atoms with Crippen LogP contribution in [0.15, 0.2) is 4.79 Å². The summed E-state index contributed by atoms with van der Waals surface area (Å²) in [6.45, 7) is 6.84. The molecule has 0 bridgehead atoms. The average molecular weight is 574 g/mol. The highest BCUT2D eigenvalue weighted by atomic mass is 31.2. The van der Waals surface area contributed by atoms with Crippen LogP contribution in [-0.2, 0) is 27.0 Å². The number of nitrogens with two attached hydrogens (primary N) is 1. The SMILES string of the molecule is CCCCCCCCCCCCCCCCCCOC(C)c1c(N)nc(=O)n(CCOCP(=O)(O)O)c1CC. The minimum atomic E-state index is -4.25. The fraction of sp³-hybridized carbons (Fsp3) is 0.862. The molecule has 1 unspecified atom stereocenters. The lowest BCUT2D eigenvalue weighted by Gasteiger charge is -2.21. The van der Waals surface area contributed by atoms with Gasteiger partial charge in [0.25, 0.3) is 0 Å². The van der Waals surface area contributed by atoms with E-state index in [1.807, 2.05) is 13.8 Å². The molecule has 0 aromatic carbocycles. The second-order valence-electron chi connectivity index (χ2n) is 10.7. The second kappa shape index (κ2) is 21.5. The lowest BCUT2D eigenvalue weighted by atomic mass is 10.0. The van der Waals surface area contributed by atoms with E-state index < -0.39 is 19.6 Å². The van der Waals surface area contributed by atoms with Crippen molar-refractivity contribution < 1.29 is 23.8 Å². The first-order valence-corrected chi connectivity index (χ1v) is 17.1. The van der Waals surface area contributed by atoms with E-state index >= 15 is 0 Å². The number of hydrogen-bond donors (Lipinski definition) is 3. The third-order valence-electron chi connectivity index (χ3n) is 7.19. The summed E-state index contributed by atoms with van der Waals surface area (Å²) >= 11 is 0. The second-order valence-corrected chi connectivity index (χ2v) is 12.3. The number of ether oxygens (including phenoxy) is 2. The van der Waals surface area contributed by atoms with E-state index in [0.717, 1.165) is 12.8 Å². The fourth-order valence-electron chi connectivity index (χ4n) is 5.02. The molecule has 39 heavy (non-hydrogen) atoms. The predicted molar refractivity (Wildman–Crippen MR) is 159 cm³/mol. The minimum Gasteiger partial charge on any atom is -0.383 e. The van der Waals surface area contributed by atoms with E-state index in [1.54, 1.807) is 0 Å². The molecule has 10 heteroatoms. The molecule has 0 aliphatic carbocycles. The molecule has 0 aliphatic rings. The third-order valence-corrected chi connectivity index (χ3v) is 7.70. The molecule has 0 spiro atoms. The van der Waals surface area contributed by atoms with Gasteiger partial charge in [0.1, 0.15) is 12.2 Å². The van der Waals surface area contributed by atoms with Crippen LogP contribution >= 0.6 is 7.60 Å². The summed E-state index contributed by atoms with van der Waals surface area (Å²) < 4.78 is 23.5. The molecule has 0 radical (unpaired) electrons. The van der Waals surface area contributed by atoms with Crippen LogP contribution in [-0.4, -0.2) is 38.9 Å². The van der Waals surface area contributed by atoms with Gasteiger partial charge in [0.15, 0.2) is 0 Å². The molecule has 1 aromatic heterocycles. The Balaban J connectivity index is 2.24. The zero-order valence-corrected chi connectivity index (χ0v) is 25.8. The number of nitrogen functional groups attached to an aromatic ring is 1. The van der Waals surface area contributed by atoms with Gasteiger partial charge in [-0.3, -0.25) is 9.13 Å². The average Bonchev–Trinajstić information content (AvgIpc) is 2.88. The Bertz CT molecular complexity index is 873. The summed E-state index contributed by atoms with van der Waals surface area (Å²) in [5, 5.41) is 0. The summed E-state index contributed by atoms with van der Waals surface area (Å²) in [6, 6.07) is 0. The molecule has 1 aromatic rings. The summed E-state index contributed by atoms with van der Waals surface area (Å²) in [7, 11) is -4.25. The monoisotopic (exact) mass is 573 g/mol. The first kappa shape index (κ1) is 35.8. The lowest BCUT2D eigenvalue weighted by Crippen LogP contribution is -2.31. The Labute approximate surface area is 236 Å². The molecule has 1 rings (SSSR count). The van der Waals surface area contributed by atoms with Crippen molar-refractivity contribution in [1.29, 1.82) is 0 Å². The van der Waals surface area contributed by atoms with Crippen molar-refractivity contribution >= 4 is 13.4 Å². The molecule has 0 saturated heterocycles. The van der Waals surface area contributed by atoms with Crippen molar-refractivity contribution in [3.8, 4) is 0 Å². The Kier molecular flexibility index (Phi) is 19.7. The Morgan fingerprint density at radius 2 is 1.33 bits per heavy atom. The van der Waals surface area contributed by atoms with Gasteiger partial charge in [0.2, 0.25) is 0 Å². The van der Waals surface area contributed by atoms with Crippen LogP contribution < -0.4 is 11.4 Å². The molecule has 0 saturated carbocycles. The Morgan fingerprint density at radius 1 is 0.846 bits per heavy atom.